The van der Waals surface area contributed by atoms with Crippen LogP contribution >= 0.6 is 28.3 Å². The Labute approximate surface area is 271 Å². The number of esters is 1. The maximum absolute atomic E-state index is 13.6. The average Bonchev–Trinajstić information content (AvgIpc) is 3.37. The van der Waals surface area contributed by atoms with Gasteiger partial charge in [-0.15, -0.1) is 17.5 Å². The molecule has 1 aromatic heterocycles. The van der Waals surface area contributed by atoms with Gasteiger partial charge in [0.05, 0.1) is 18.2 Å². The normalized spacial score (nSPS) is 17.0. The number of halogens is 8. The predicted molar refractivity (Wildman–Crippen MR) is 162 cm³/mol. The lowest BCUT2D eigenvalue weighted by Gasteiger charge is -2.34. The number of tetrazole rings is 1. The Morgan fingerprint density at radius 2 is 1.60 bits per heavy atom. The molecule has 0 saturated heterocycles. The number of carbonyl (C=O) groups excluding carboxylic acids is 1. The molecule has 1 heterocycles. The molecule has 1 aliphatic carbocycles. The van der Waals surface area contributed by atoms with E-state index >= 15 is 0 Å². The monoisotopic (exact) mass is 726 g/mol. The van der Waals surface area contributed by atoms with Gasteiger partial charge in [0, 0.05) is 43.3 Å². The van der Waals surface area contributed by atoms with Crippen molar-refractivity contribution in [2.45, 2.75) is 71.1 Å². The summed E-state index contributed by atoms with van der Waals surface area (Å²) in [5.74, 6) is 0.114. The van der Waals surface area contributed by atoms with E-state index < -0.39 is 23.5 Å². The molecular formula is C29H34BrClF6N6O2. The van der Waals surface area contributed by atoms with E-state index in [0.717, 1.165) is 48.0 Å². The number of aryl methyl sites for hydroxylation is 1. The summed E-state index contributed by atoms with van der Waals surface area (Å²) in [6.45, 7) is 4.54. The van der Waals surface area contributed by atoms with Crippen LogP contribution in [-0.4, -0.2) is 45.4 Å². The van der Waals surface area contributed by atoms with E-state index in [4.69, 9.17) is 4.74 Å². The number of hydrogen-bond donors (Lipinski definition) is 0. The molecule has 248 valence electrons. The number of rotatable bonds is 10. The minimum absolute atomic E-state index is 0. The van der Waals surface area contributed by atoms with Gasteiger partial charge in [-0.05, 0) is 91.3 Å². The number of aromatic nitrogens is 4. The highest BCUT2D eigenvalue weighted by molar-refractivity contribution is 9.10. The van der Waals surface area contributed by atoms with E-state index in [0.29, 0.717) is 24.6 Å². The number of nitrogens with zero attached hydrogens (tertiary/aromatic N) is 6. The topological polar surface area (TPSA) is 76.4 Å². The number of ether oxygens (including phenoxy) is 1. The number of hydrogen-bond acceptors (Lipinski definition) is 7. The van der Waals surface area contributed by atoms with Crippen LogP contribution in [0.2, 0.25) is 0 Å². The minimum atomic E-state index is -4.97. The number of anilines is 2. The largest absolute Gasteiger partial charge is 0.463 e. The van der Waals surface area contributed by atoms with Crippen molar-refractivity contribution in [1.82, 2.24) is 20.2 Å². The maximum atomic E-state index is 13.6. The van der Waals surface area contributed by atoms with E-state index in [1.54, 1.807) is 0 Å². The highest BCUT2D eigenvalue weighted by atomic mass is 79.9. The van der Waals surface area contributed by atoms with Gasteiger partial charge in [0.15, 0.2) is 0 Å². The highest BCUT2D eigenvalue weighted by Crippen LogP contribution is 2.37. The zero-order chi connectivity index (χ0) is 32.2. The molecule has 8 nitrogen and oxygen atoms in total. The Balaban J connectivity index is 0.00000552. The SMILES string of the molecule is CCN(CC1CCC(OC(C)=O)CC1)c1ccc(Br)cc1CN(Cc1cc(C(F)(F)F)cc(C(F)(F)F)c1)c1nnn(C)n1.Cl. The molecular weight excluding hydrogens is 694 g/mol. The Morgan fingerprint density at radius 3 is 2.11 bits per heavy atom. The Kier molecular flexibility index (Phi) is 12.1. The van der Waals surface area contributed by atoms with Crippen LogP contribution in [0.3, 0.4) is 0 Å². The lowest BCUT2D eigenvalue weighted by atomic mass is 9.86. The van der Waals surface area contributed by atoms with Gasteiger partial charge >= 0.3 is 18.3 Å². The lowest BCUT2D eigenvalue weighted by molar-refractivity contribution is -0.148. The quantitative estimate of drug-likeness (QED) is 0.157. The molecule has 0 aliphatic heterocycles. The van der Waals surface area contributed by atoms with E-state index in [2.05, 4.69) is 36.2 Å². The third-order valence-corrected chi connectivity index (χ3v) is 8.02. The van der Waals surface area contributed by atoms with Crippen molar-refractivity contribution in [3.05, 3.63) is 63.1 Å². The fourth-order valence-corrected chi connectivity index (χ4v) is 5.91. The predicted octanol–water partition coefficient (Wildman–Crippen LogP) is 7.59. The van der Waals surface area contributed by atoms with Gasteiger partial charge in [-0.3, -0.25) is 4.79 Å². The molecule has 0 bridgehead atoms. The van der Waals surface area contributed by atoms with Crippen LogP contribution in [0.5, 0.6) is 0 Å². The van der Waals surface area contributed by atoms with Gasteiger partial charge in [-0.2, -0.15) is 31.1 Å². The van der Waals surface area contributed by atoms with E-state index in [1.807, 2.05) is 25.1 Å². The Morgan fingerprint density at radius 1 is 0.978 bits per heavy atom. The standard InChI is InChI=1S/C29H33BrF6N6O2.ClH/c1-4-41(15-19-5-8-25(9-6-19)44-18(2)43)26-10-7-24(30)13-21(26)17-42(27-37-39-40(3)38-27)16-20-11-22(28(31,32)33)14-23(12-20)29(34,35)36;/h7,10-14,19,25H,4-6,8-9,15-17H2,1-3H3;1H. The van der Waals surface area contributed by atoms with Crippen LogP contribution < -0.4 is 9.80 Å². The van der Waals surface area contributed by atoms with Crippen molar-refractivity contribution in [3.63, 3.8) is 0 Å². The highest BCUT2D eigenvalue weighted by Gasteiger charge is 2.37. The molecule has 45 heavy (non-hydrogen) atoms. The molecule has 0 atom stereocenters. The number of carbonyl (C=O) groups is 1. The molecule has 1 aliphatic rings. The zero-order valence-electron chi connectivity index (χ0n) is 24.8. The van der Waals surface area contributed by atoms with Crippen molar-refractivity contribution >= 4 is 45.9 Å². The first-order valence-electron chi connectivity index (χ1n) is 14.1. The van der Waals surface area contributed by atoms with Crippen LogP contribution in [0, 0.1) is 5.92 Å². The zero-order valence-corrected chi connectivity index (χ0v) is 27.2. The summed E-state index contributed by atoms with van der Waals surface area (Å²) >= 11 is 3.50. The van der Waals surface area contributed by atoms with Crippen molar-refractivity contribution in [2.75, 3.05) is 22.9 Å². The molecule has 0 amide bonds. The second-order valence-electron chi connectivity index (χ2n) is 10.9. The molecule has 3 aromatic rings. The maximum Gasteiger partial charge on any atom is 0.416 e. The summed E-state index contributed by atoms with van der Waals surface area (Å²) in [6, 6.07) is 7.22. The molecule has 0 N–H and O–H groups in total. The third kappa shape index (κ3) is 9.96. The molecule has 4 rings (SSSR count). The van der Waals surface area contributed by atoms with E-state index in [-0.39, 0.29) is 55.1 Å². The van der Waals surface area contributed by atoms with E-state index in [9.17, 15) is 31.1 Å². The molecule has 0 unspecified atom stereocenters. The molecule has 1 saturated carbocycles. The third-order valence-electron chi connectivity index (χ3n) is 7.53. The summed E-state index contributed by atoms with van der Waals surface area (Å²) < 4.78 is 87.7. The first kappa shape index (κ1) is 36.4. The van der Waals surface area contributed by atoms with Crippen LogP contribution in [0.15, 0.2) is 40.9 Å². The molecule has 0 spiro atoms. The smallest absolute Gasteiger partial charge is 0.416 e. The van der Waals surface area contributed by atoms with Crippen LogP contribution in [0.4, 0.5) is 38.0 Å². The van der Waals surface area contributed by atoms with Gasteiger partial charge in [-0.25, -0.2) is 0 Å². The van der Waals surface area contributed by atoms with Crippen molar-refractivity contribution in [3.8, 4) is 0 Å². The van der Waals surface area contributed by atoms with Crippen molar-refractivity contribution < 1.29 is 35.9 Å². The second-order valence-corrected chi connectivity index (χ2v) is 11.8. The Hall–Kier alpha value is -3.07. The number of alkyl halides is 6. The summed E-state index contributed by atoms with van der Waals surface area (Å²) in [5.41, 5.74) is -1.35. The van der Waals surface area contributed by atoms with Gasteiger partial charge in [-0.1, -0.05) is 21.0 Å². The van der Waals surface area contributed by atoms with Gasteiger partial charge in [0.1, 0.15) is 6.10 Å². The minimum Gasteiger partial charge on any atom is -0.463 e. The Bertz CT molecular complexity index is 1410. The lowest BCUT2D eigenvalue weighted by Crippen LogP contribution is -2.34. The van der Waals surface area contributed by atoms with Gasteiger partial charge in [0.25, 0.3) is 5.95 Å². The van der Waals surface area contributed by atoms with Crippen LogP contribution in [-0.2, 0) is 42.0 Å². The van der Waals surface area contributed by atoms with Crippen LogP contribution in [0.25, 0.3) is 0 Å². The van der Waals surface area contributed by atoms with Crippen molar-refractivity contribution in [1.29, 1.82) is 0 Å². The second kappa shape index (κ2) is 15.0. The fraction of sp³-hybridized carbons (Fsp3) is 0.517. The van der Waals surface area contributed by atoms with Crippen LogP contribution in [0.1, 0.15) is 61.8 Å². The van der Waals surface area contributed by atoms with Gasteiger partial charge < -0.3 is 14.5 Å². The van der Waals surface area contributed by atoms with Gasteiger partial charge in [0.2, 0.25) is 0 Å². The summed E-state index contributed by atoms with van der Waals surface area (Å²) in [7, 11) is 1.51. The average molecular weight is 728 g/mol. The molecule has 16 heteroatoms. The molecule has 1 fully saturated rings. The van der Waals surface area contributed by atoms with E-state index in [1.165, 1.54) is 23.7 Å². The summed E-state index contributed by atoms with van der Waals surface area (Å²) in [5, 5.41) is 12.0. The first-order valence-corrected chi connectivity index (χ1v) is 14.9. The summed E-state index contributed by atoms with van der Waals surface area (Å²) in [4.78, 5) is 16.2. The number of benzene rings is 2. The van der Waals surface area contributed by atoms with Crippen molar-refractivity contribution in [2.24, 2.45) is 13.0 Å². The molecule has 0 radical (unpaired) electrons. The summed E-state index contributed by atoms with van der Waals surface area (Å²) in [6.07, 6.45) is -6.70. The fourth-order valence-electron chi connectivity index (χ4n) is 5.50. The first-order chi connectivity index (χ1) is 20.6. The molecule has 2 aromatic carbocycles.